The molecule has 1 aromatic heterocycles. The highest BCUT2D eigenvalue weighted by Gasteiger charge is 2.03. The molecule has 0 saturated carbocycles. The van der Waals surface area contributed by atoms with E-state index in [2.05, 4.69) is 40.9 Å². The molecule has 0 radical (unpaired) electrons. The van der Waals surface area contributed by atoms with Crippen LogP contribution in [-0.4, -0.2) is 14.9 Å². The molecule has 0 atom stereocenters. The van der Waals surface area contributed by atoms with Crippen molar-refractivity contribution >= 4 is 40.3 Å². The van der Waals surface area contributed by atoms with Gasteiger partial charge in [0.15, 0.2) is 5.11 Å². The normalized spacial score (nSPS) is 10.5. The van der Waals surface area contributed by atoms with Crippen LogP contribution in [0.15, 0.2) is 54.6 Å². The van der Waals surface area contributed by atoms with E-state index in [0.717, 1.165) is 29.3 Å². The first-order valence-corrected chi connectivity index (χ1v) is 8.72. The van der Waals surface area contributed by atoms with Gasteiger partial charge in [0.2, 0.25) is 0 Å². The van der Waals surface area contributed by atoms with Gasteiger partial charge in [0.1, 0.15) is 0 Å². The summed E-state index contributed by atoms with van der Waals surface area (Å²) in [5, 5.41) is 12.0. The van der Waals surface area contributed by atoms with E-state index >= 15 is 0 Å². The second-order valence-corrected chi connectivity index (χ2v) is 6.72. The molecule has 0 aliphatic carbocycles. The molecular weight excluding hydrogens is 352 g/mol. The molecule has 0 spiro atoms. The topological polar surface area (TPSA) is 41.9 Å². The van der Waals surface area contributed by atoms with Crippen LogP contribution in [0.1, 0.15) is 17.0 Å². The van der Waals surface area contributed by atoms with Crippen LogP contribution < -0.4 is 10.6 Å². The van der Waals surface area contributed by atoms with Crippen LogP contribution in [0.2, 0.25) is 5.02 Å². The number of hydrogen-bond acceptors (Lipinski definition) is 2. The summed E-state index contributed by atoms with van der Waals surface area (Å²) in [6, 6.07) is 17.7. The van der Waals surface area contributed by atoms with E-state index < -0.39 is 0 Å². The van der Waals surface area contributed by atoms with Crippen LogP contribution in [0.3, 0.4) is 0 Å². The van der Waals surface area contributed by atoms with Gasteiger partial charge >= 0.3 is 0 Å². The molecule has 0 unspecified atom stereocenters. The lowest BCUT2D eigenvalue weighted by Crippen LogP contribution is -2.19. The van der Waals surface area contributed by atoms with Gasteiger partial charge in [-0.1, -0.05) is 29.8 Å². The largest absolute Gasteiger partial charge is 0.332 e. The zero-order valence-corrected chi connectivity index (χ0v) is 15.7. The lowest BCUT2D eigenvalue weighted by molar-refractivity contribution is 0.659. The van der Waals surface area contributed by atoms with Crippen molar-refractivity contribution in [3.63, 3.8) is 0 Å². The van der Waals surface area contributed by atoms with Crippen LogP contribution in [-0.2, 0) is 6.54 Å². The molecule has 0 aliphatic heterocycles. The Morgan fingerprint density at radius 2 is 1.76 bits per heavy atom. The van der Waals surface area contributed by atoms with Gasteiger partial charge in [-0.15, -0.1) is 0 Å². The molecule has 2 N–H and O–H groups in total. The van der Waals surface area contributed by atoms with Crippen LogP contribution in [0.5, 0.6) is 0 Å². The number of hydrogen-bond donors (Lipinski definition) is 2. The summed E-state index contributed by atoms with van der Waals surface area (Å²) in [7, 11) is 0. The van der Waals surface area contributed by atoms with Gasteiger partial charge in [-0.25, -0.2) is 0 Å². The Morgan fingerprint density at radius 3 is 2.40 bits per heavy atom. The van der Waals surface area contributed by atoms with E-state index in [1.807, 2.05) is 48.0 Å². The van der Waals surface area contributed by atoms with Crippen molar-refractivity contribution in [2.24, 2.45) is 0 Å². The maximum Gasteiger partial charge on any atom is 0.175 e. The summed E-state index contributed by atoms with van der Waals surface area (Å²) < 4.78 is 2.00. The van der Waals surface area contributed by atoms with Crippen molar-refractivity contribution in [3.05, 3.63) is 76.6 Å². The fraction of sp³-hybridized carbons (Fsp3) is 0.158. The van der Waals surface area contributed by atoms with E-state index in [4.69, 9.17) is 23.8 Å². The van der Waals surface area contributed by atoms with E-state index in [-0.39, 0.29) is 0 Å². The Morgan fingerprint density at radius 1 is 1.04 bits per heavy atom. The Hall–Kier alpha value is -2.37. The molecule has 0 fully saturated rings. The zero-order valence-electron chi connectivity index (χ0n) is 14.1. The molecule has 25 heavy (non-hydrogen) atoms. The average molecular weight is 371 g/mol. The Kier molecular flexibility index (Phi) is 5.36. The Labute approximate surface area is 157 Å². The second-order valence-electron chi connectivity index (χ2n) is 5.87. The zero-order chi connectivity index (χ0) is 17.8. The third kappa shape index (κ3) is 4.81. The summed E-state index contributed by atoms with van der Waals surface area (Å²) in [6.07, 6.45) is 0. The number of thiocarbonyl (C=S) groups is 1. The number of aromatic nitrogens is 2. The predicted molar refractivity (Wildman–Crippen MR) is 109 cm³/mol. The molecule has 0 amide bonds. The fourth-order valence-electron chi connectivity index (χ4n) is 2.56. The van der Waals surface area contributed by atoms with Crippen LogP contribution in [0.25, 0.3) is 0 Å². The molecule has 0 aliphatic rings. The van der Waals surface area contributed by atoms with Gasteiger partial charge in [0, 0.05) is 22.1 Å². The van der Waals surface area contributed by atoms with Crippen molar-refractivity contribution in [2.75, 3.05) is 10.6 Å². The minimum Gasteiger partial charge on any atom is -0.332 e. The van der Waals surface area contributed by atoms with E-state index in [9.17, 15) is 0 Å². The minimum absolute atomic E-state index is 0.522. The molecule has 0 saturated heterocycles. The van der Waals surface area contributed by atoms with Crippen molar-refractivity contribution in [1.82, 2.24) is 9.78 Å². The molecule has 6 heteroatoms. The Balaban J connectivity index is 1.60. The highest BCUT2D eigenvalue weighted by molar-refractivity contribution is 7.80. The van der Waals surface area contributed by atoms with E-state index in [1.165, 1.54) is 5.56 Å². The first kappa shape index (κ1) is 17.5. The number of rotatable bonds is 4. The number of nitrogens with one attached hydrogen (secondary N) is 2. The van der Waals surface area contributed by atoms with E-state index in [1.54, 1.807) is 0 Å². The highest BCUT2D eigenvalue weighted by atomic mass is 35.5. The number of halogens is 1. The molecular formula is C19H19ClN4S. The summed E-state index contributed by atoms with van der Waals surface area (Å²) in [4.78, 5) is 0. The molecule has 3 rings (SSSR count). The van der Waals surface area contributed by atoms with Gasteiger partial charge in [-0.05, 0) is 68.0 Å². The molecule has 3 aromatic rings. The number of nitrogens with zero attached hydrogens (tertiary/aromatic N) is 2. The van der Waals surface area contributed by atoms with Gasteiger partial charge in [0.05, 0.1) is 12.2 Å². The third-order valence-electron chi connectivity index (χ3n) is 3.73. The maximum absolute atomic E-state index is 5.97. The lowest BCUT2D eigenvalue weighted by Gasteiger charge is -2.11. The van der Waals surface area contributed by atoms with Crippen molar-refractivity contribution in [3.8, 4) is 0 Å². The quantitative estimate of drug-likeness (QED) is 0.633. The first-order valence-electron chi connectivity index (χ1n) is 7.93. The van der Waals surface area contributed by atoms with Gasteiger partial charge in [-0.3, -0.25) is 4.68 Å². The van der Waals surface area contributed by atoms with Crippen molar-refractivity contribution in [2.45, 2.75) is 20.4 Å². The summed E-state index contributed by atoms with van der Waals surface area (Å²) >= 11 is 11.3. The van der Waals surface area contributed by atoms with Crippen LogP contribution >= 0.6 is 23.8 Å². The predicted octanol–water partition coefficient (Wildman–Crippen LogP) is 5.01. The molecule has 0 bridgehead atoms. The standard InChI is InChI=1S/C19H19ClN4S/c1-13-10-14(2)24(23-13)12-15-6-8-17(9-7-15)21-19(25)22-18-5-3-4-16(20)11-18/h3-11H,12H2,1-2H3,(H2,21,22,25). The third-order valence-corrected chi connectivity index (χ3v) is 4.17. The number of aryl methyl sites for hydroxylation is 2. The fourth-order valence-corrected chi connectivity index (χ4v) is 2.99. The Bertz CT molecular complexity index is 887. The van der Waals surface area contributed by atoms with Crippen molar-refractivity contribution in [1.29, 1.82) is 0 Å². The monoisotopic (exact) mass is 370 g/mol. The highest BCUT2D eigenvalue weighted by Crippen LogP contribution is 2.16. The maximum atomic E-state index is 5.97. The number of benzene rings is 2. The summed E-state index contributed by atoms with van der Waals surface area (Å²) in [5.74, 6) is 0. The smallest absolute Gasteiger partial charge is 0.175 e. The molecule has 1 heterocycles. The summed E-state index contributed by atoms with van der Waals surface area (Å²) in [6.45, 7) is 4.82. The number of anilines is 2. The first-order chi connectivity index (χ1) is 12.0. The van der Waals surface area contributed by atoms with Crippen LogP contribution in [0.4, 0.5) is 11.4 Å². The SMILES string of the molecule is Cc1cc(C)n(Cc2ccc(NC(=S)Nc3cccc(Cl)c3)cc2)n1. The molecule has 2 aromatic carbocycles. The summed E-state index contributed by atoms with van der Waals surface area (Å²) in [5.41, 5.74) is 5.16. The van der Waals surface area contributed by atoms with Gasteiger partial charge in [-0.2, -0.15) is 5.10 Å². The lowest BCUT2D eigenvalue weighted by atomic mass is 10.2. The van der Waals surface area contributed by atoms with Crippen LogP contribution in [0, 0.1) is 13.8 Å². The minimum atomic E-state index is 0.522. The van der Waals surface area contributed by atoms with Crippen molar-refractivity contribution < 1.29 is 0 Å². The van der Waals surface area contributed by atoms with Gasteiger partial charge < -0.3 is 10.6 Å². The second kappa shape index (κ2) is 7.68. The van der Waals surface area contributed by atoms with E-state index in [0.29, 0.717) is 10.1 Å². The molecule has 4 nitrogen and oxygen atoms in total. The van der Waals surface area contributed by atoms with Gasteiger partial charge in [0.25, 0.3) is 0 Å². The average Bonchev–Trinajstić information content (AvgIpc) is 2.86. The molecule has 128 valence electrons.